The van der Waals surface area contributed by atoms with Gasteiger partial charge in [0.25, 0.3) is 0 Å². The third kappa shape index (κ3) is 2.56. The van der Waals surface area contributed by atoms with Crippen LogP contribution in [0.5, 0.6) is 0 Å². The summed E-state index contributed by atoms with van der Waals surface area (Å²) in [6, 6.07) is 14.6. The Balaban J connectivity index is 1.99. The first-order chi connectivity index (χ1) is 9.22. The number of benzene rings is 2. The maximum absolute atomic E-state index is 11.1. The highest BCUT2D eigenvalue weighted by atomic mass is 32.1. The third-order valence-corrected chi connectivity index (χ3v) is 3.92. The molecule has 0 fully saturated rings. The summed E-state index contributed by atoms with van der Waals surface area (Å²) < 4.78 is 0. The summed E-state index contributed by atoms with van der Waals surface area (Å²) in [4.78, 5) is 15.6. The van der Waals surface area contributed by atoms with Gasteiger partial charge in [-0.3, -0.25) is 4.79 Å². The van der Waals surface area contributed by atoms with Crippen LogP contribution in [0, 0.1) is 0 Å². The first kappa shape index (κ1) is 12.1. The Morgan fingerprint density at radius 3 is 2.74 bits per heavy atom. The van der Waals surface area contributed by atoms with Crippen molar-refractivity contribution in [1.29, 1.82) is 0 Å². The van der Waals surface area contributed by atoms with E-state index in [2.05, 4.69) is 35.3 Å². The van der Waals surface area contributed by atoms with Gasteiger partial charge in [0, 0.05) is 17.4 Å². The van der Waals surface area contributed by atoms with Gasteiger partial charge in [0.15, 0.2) is 0 Å². The number of Topliss-reactive ketones (excluding diaryl/α,β-unsaturated/α-hetero) is 1. The van der Waals surface area contributed by atoms with E-state index in [1.165, 1.54) is 10.8 Å². The fourth-order valence-corrected chi connectivity index (χ4v) is 2.91. The van der Waals surface area contributed by atoms with Gasteiger partial charge in [0.05, 0.1) is 5.69 Å². The molecular weight excluding hydrogens is 254 g/mol. The molecule has 0 N–H and O–H groups in total. The molecule has 0 unspecified atom stereocenters. The van der Waals surface area contributed by atoms with Gasteiger partial charge in [-0.05, 0) is 23.8 Å². The highest BCUT2D eigenvalue weighted by Gasteiger charge is 2.07. The minimum atomic E-state index is 0.148. The maximum atomic E-state index is 11.1. The van der Waals surface area contributed by atoms with Gasteiger partial charge >= 0.3 is 0 Å². The SMILES string of the molecule is CC(=O)Cc1csc(-c2ccc3ccccc3c2)n1. The molecule has 0 atom stereocenters. The van der Waals surface area contributed by atoms with Crippen molar-refractivity contribution in [2.75, 3.05) is 0 Å². The van der Waals surface area contributed by atoms with E-state index >= 15 is 0 Å². The van der Waals surface area contributed by atoms with E-state index in [1.54, 1.807) is 18.3 Å². The normalized spacial score (nSPS) is 10.8. The molecule has 0 spiro atoms. The molecule has 3 rings (SSSR count). The van der Waals surface area contributed by atoms with E-state index < -0.39 is 0 Å². The van der Waals surface area contributed by atoms with Crippen molar-refractivity contribution in [3.63, 3.8) is 0 Å². The number of aromatic nitrogens is 1. The lowest BCUT2D eigenvalue weighted by atomic mass is 10.1. The summed E-state index contributed by atoms with van der Waals surface area (Å²) in [5.74, 6) is 0.148. The van der Waals surface area contributed by atoms with Crippen LogP contribution in [0.15, 0.2) is 47.8 Å². The minimum Gasteiger partial charge on any atom is -0.300 e. The molecule has 0 aliphatic rings. The summed E-state index contributed by atoms with van der Waals surface area (Å²) in [6.45, 7) is 1.59. The van der Waals surface area contributed by atoms with Crippen LogP contribution in [-0.4, -0.2) is 10.8 Å². The average molecular weight is 267 g/mol. The largest absolute Gasteiger partial charge is 0.300 e. The van der Waals surface area contributed by atoms with Gasteiger partial charge in [0.2, 0.25) is 0 Å². The number of rotatable bonds is 3. The fraction of sp³-hybridized carbons (Fsp3) is 0.125. The molecule has 0 saturated carbocycles. The fourth-order valence-electron chi connectivity index (χ4n) is 2.10. The van der Waals surface area contributed by atoms with Gasteiger partial charge < -0.3 is 0 Å². The van der Waals surface area contributed by atoms with Gasteiger partial charge in [0.1, 0.15) is 10.8 Å². The first-order valence-electron chi connectivity index (χ1n) is 6.15. The van der Waals surface area contributed by atoms with Crippen LogP contribution in [0.2, 0.25) is 0 Å². The molecule has 1 heterocycles. The van der Waals surface area contributed by atoms with Crippen LogP contribution in [0.4, 0.5) is 0 Å². The minimum absolute atomic E-state index is 0.148. The van der Waals surface area contributed by atoms with Crippen molar-refractivity contribution in [2.24, 2.45) is 0 Å². The van der Waals surface area contributed by atoms with E-state index in [4.69, 9.17) is 0 Å². The van der Waals surface area contributed by atoms with Crippen molar-refractivity contribution in [3.05, 3.63) is 53.5 Å². The van der Waals surface area contributed by atoms with Crippen molar-refractivity contribution in [3.8, 4) is 10.6 Å². The van der Waals surface area contributed by atoms with E-state index in [0.29, 0.717) is 6.42 Å². The van der Waals surface area contributed by atoms with Gasteiger partial charge in [-0.25, -0.2) is 4.98 Å². The zero-order valence-electron chi connectivity index (χ0n) is 10.6. The molecule has 0 aliphatic heterocycles. The number of carbonyl (C=O) groups excluding carboxylic acids is 1. The van der Waals surface area contributed by atoms with Crippen molar-refractivity contribution < 1.29 is 4.79 Å². The number of nitrogens with zero attached hydrogens (tertiary/aromatic N) is 1. The lowest BCUT2D eigenvalue weighted by Crippen LogP contribution is -1.95. The Hall–Kier alpha value is -2.00. The Morgan fingerprint density at radius 2 is 1.95 bits per heavy atom. The topological polar surface area (TPSA) is 30.0 Å². The van der Waals surface area contributed by atoms with Crippen molar-refractivity contribution in [2.45, 2.75) is 13.3 Å². The number of fused-ring (bicyclic) bond motifs is 1. The summed E-state index contributed by atoms with van der Waals surface area (Å²) in [5, 5.41) is 5.38. The predicted octanol–water partition coefficient (Wildman–Crippen LogP) is 4.09. The summed E-state index contributed by atoms with van der Waals surface area (Å²) in [5.41, 5.74) is 1.97. The zero-order chi connectivity index (χ0) is 13.2. The number of hydrogen-bond acceptors (Lipinski definition) is 3. The summed E-state index contributed by atoms with van der Waals surface area (Å²) in [7, 11) is 0. The number of hydrogen-bond donors (Lipinski definition) is 0. The molecule has 94 valence electrons. The highest BCUT2D eigenvalue weighted by molar-refractivity contribution is 7.13. The smallest absolute Gasteiger partial charge is 0.135 e. The number of ketones is 1. The number of thiazole rings is 1. The molecule has 1 aromatic heterocycles. The molecule has 0 radical (unpaired) electrons. The Morgan fingerprint density at radius 1 is 1.16 bits per heavy atom. The second kappa shape index (κ2) is 4.94. The van der Waals surface area contributed by atoms with E-state index in [0.717, 1.165) is 16.3 Å². The molecule has 2 nitrogen and oxygen atoms in total. The monoisotopic (exact) mass is 267 g/mol. The van der Waals surface area contributed by atoms with Crippen LogP contribution in [0.25, 0.3) is 21.3 Å². The Bertz CT molecular complexity index is 745. The molecule has 0 saturated heterocycles. The molecule has 19 heavy (non-hydrogen) atoms. The van der Waals surface area contributed by atoms with Crippen LogP contribution < -0.4 is 0 Å². The number of carbonyl (C=O) groups is 1. The van der Waals surface area contributed by atoms with E-state index in [-0.39, 0.29) is 5.78 Å². The lowest BCUT2D eigenvalue weighted by molar-refractivity contribution is -0.116. The highest BCUT2D eigenvalue weighted by Crippen LogP contribution is 2.27. The molecular formula is C16H13NOS. The second-order valence-electron chi connectivity index (χ2n) is 4.58. The Kier molecular flexibility index (Phi) is 3.13. The predicted molar refractivity (Wildman–Crippen MR) is 79.4 cm³/mol. The van der Waals surface area contributed by atoms with Gasteiger partial charge in [-0.15, -0.1) is 11.3 Å². The van der Waals surface area contributed by atoms with Crippen molar-refractivity contribution >= 4 is 27.9 Å². The zero-order valence-corrected chi connectivity index (χ0v) is 11.4. The van der Waals surface area contributed by atoms with Gasteiger partial charge in [-0.2, -0.15) is 0 Å². The standard InChI is InChI=1S/C16H13NOS/c1-11(18)8-15-10-19-16(17-15)14-7-6-12-4-2-3-5-13(12)9-14/h2-7,9-10H,8H2,1H3. The maximum Gasteiger partial charge on any atom is 0.135 e. The molecule has 3 heteroatoms. The van der Waals surface area contributed by atoms with Crippen molar-refractivity contribution in [1.82, 2.24) is 4.98 Å². The first-order valence-corrected chi connectivity index (χ1v) is 7.03. The quantitative estimate of drug-likeness (QED) is 0.715. The lowest BCUT2D eigenvalue weighted by Gasteiger charge is -2.00. The van der Waals surface area contributed by atoms with Crippen LogP contribution >= 0.6 is 11.3 Å². The molecule has 3 aromatic rings. The van der Waals surface area contributed by atoms with Crippen LogP contribution in [0.3, 0.4) is 0 Å². The Labute approximate surface area is 115 Å². The molecule has 2 aromatic carbocycles. The molecule has 0 amide bonds. The summed E-state index contributed by atoms with van der Waals surface area (Å²) >= 11 is 1.59. The molecule has 0 aliphatic carbocycles. The van der Waals surface area contributed by atoms with E-state index in [1.807, 2.05) is 17.5 Å². The van der Waals surface area contributed by atoms with Crippen LogP contribution in [0.1, 0.15) is 12.6 Å². The summed E-state index contributed by atoms with van der Waals surface area (Å²) in [6.07, 6.45) is 0.421. The second-order valence-corrected chi connectivity index (χ2v) is 5.44. The van der Waals surface area contributed by atoms with Gasteiger partial charge in [-0.1, -0.05) is 36.4 Å². The van der Waals surface area contributed by atoms with Crippen LogP contribution in [-0.2, 0) is 11.2 Å². The van der Waals surface area contributed by atoms with E-state index in [9.17, 15) is 4.79 Å². The molecule has 0 bridgehead atoms. The third-order valence-electron chi connectivity index (χ3n) is 2.98. The average Bonchev–Trinajstić information content (AvgIpc) is 2.86.